The van der Waals surface area contributed by atoms with Gasteiger partial charge in [0.1, 0.15) is 12.4 Å². The smallest absolute Gasteiger partial charge is 0.264 e. The normalized spacial score (nSPS) is 11.5. The van der Waals surface area contributed by atoms with Gasteiger partial charge in [0.05, 0.1) is 31.0 Å². The third kappa shape index (κ3) is 6.41. The van der Waals surface area contributed by atoms with E-state index in [2.05, 4.69) is 15.1 Å². The largest absolute Gasteiger partial charge is 0.493 e. The molecule has 9 nitrogen and oxygen atoms in total. The highest BCUT2D eigenvalue weighted by atomic mass is 32.2. The fourth-order valence-corrected chi connectivity index (χ4v) is 5.81. The van der Waals surface area contributed by atoms with Gasteiger partial charge >= 0.3 is 0 Å². The highest BCUT2D eigenvalue weighted by Crippen LogP contribution is 2.32. The second-order valence-corrected chi connectivity index (χ2v) is 11.2. The summed E-state index contributed by atoms with van der Waals surface area (Å²) in [7, 11) is -1.46. The van der Waals surface area contributed by atoms with Crippen LogP contribution in [0.2, 0.25) is 0 Å². The number of methoxy groups -OCH3 is 2. The molecule has 1 aromatic heterocycles. The van der Waals surface area contributed by atoms with E-state index in [-0.39, 0.29) is 16.3 Å². The lowest BCUT2D eigenvalue weighted by Crippen LogP contribution is -2.39. The maximum Gasteiger partial charge on any atom is 0.264 e. The van der Waals surface area contributed by atoms with E-state index in [0.717, 1.165) is 44.6 Å². The van der Waals surface area contributed by atoms with Crippen LogP contribution >= 0.6 is 0 Å². The number of aromatic nitrogens is 1. The van der Waals surface area contributed by atoms with Gasteiger partial charge in [-0.15, -0.1) is 0 Å². The molecule has 41 heavy (non-hydrogen) atoms. The predicted molar refractivity (Wildman–Crippen MR) is 156 cm³/mol. The topological polar surface area (TPSA) is 102 Å². The van der Waals surface area contributed by atoms with Crippen LogP contribution in [0, 0.1) is 26.6 Å². The Labute approximate surface area is 238 Å². The van der Waals surface area contributed by atoms with Crippen molar-refractivity contribution in [3.63, 3.8) is 0 Å². The van der Waals surface area contributed by atoms with Gasteiger partial charge in [0.25, 0.3) is 15.9 Å². The molecule has 4 aromatic rings. The first kappa shape index (κ1) is 29.3. The summed E-state index contributed by atoms with van der Waals surface area (Å²) in [6.45, 7) is 5.34. The molecule has 0 spiro atoms. The van der Waals surface area contributed by atoms with Gasteiger partial charge in [-0.25, -0.2) is 18.2 Å². The maximum atomic E-state index is 13.7. The standard InChI is InChI=1S/C30H31FN4O5S/c1-20-6-10-26(11-7-20)35-21(2)16-23(22(35)3)18-32-33-30(36)19-34(25-12-8-24(31)9-13-25)41(37,38)27-14-15-28(39-4)29(17-27)40-5/h6-18H,19H2,1-5H3,(H,33,36)/b32-18-. The molecule has 0 aliphatic carbocycles. The lowest BCUT2D eigenvalue weighted by molar-refractivity contribution is -0.119. The summed E-state index contributed by atoms with van der Waals surface area (Å²) >= 11 is 0. The van der Waals surface area contributed by atoms with Crippen LogP contribution in [-0.4, -0.2) is 45.9 Å². The quantitative estimate of drug-likeness (QED) is 0.213. The van der Waals surface area contributed by atoms with Crippen LogP contribution < -0.4 is 19.2 Å². The van der Waals surface area contributed by atoms with Crippen molar-refractivity contribution < 1.29 is 27.1 Å². The number of amides is 1. The third-order valence-corrected chi connectivity index (χ3v) is 8.27. The van der Waals surface area contributed by atoms with Gasteiger partial charge in [-0.1, -0.05) is 17.7 Å². The molecular weight excluding hydrogens is 547 g/mol. The number of hydrogen-bond donors (Lipinski definition) is 1. The van der Waals surface area contributed by atoms with Crippen molar-refractivity contribution in [1.82, 2.24) is 9.99 Å². The first-order valence-electron chi connectivity index (χ1n) is 12.6. The Hall–Kier alpha value is -4.64. The van der Waals surface area contributed by atoms with E-state index in [1.165, 1.54) is 50.8 Å². The van der Waals surface area contributed by atoms with E-state index < -0.39 is 28.3 Å². The molecule has 11 heteroatoms. The van der Waals surface area contributed by atoms with Crippen LogP contribution in [0.3, 0.4) is 0 Å². The number of hydrogen-bond acceptors (Lipinski definition) is 6. The van der Waals surface area contributed by atoms with Crippen LogP contribution in [0.15, 0.2) is 82.8 Å². The summed E-state index contributed by atoms with van der Waals surface area (Å²) in [4.78, 5) is 12.8. The number of anilines is 1. The molecule has 3 aromatic carbocycles. The zero-order valence-electron chi connectivity index (χ0n) is 23.4. The average molecular weight is 579 g/mol. The molecule has 1 amide bonds. The Morgan fingerprint density at radius 1 is 0.951 bits per heavy atom. The Morgan fingerprint density at radius 2 is 1.61 bits per heavy atom. The van der Waals surface area contributed by atoms with Gasteiger partial charge in [0, 0.05) is 28.7 Å². The van der Waals surface area contributed by atoms with Crippen molar-refractivity contribution in [3.05, 3.63) is 101 Å². The molecule has 0 fully saturated rings. The minimum absolute atomic E-state index is 0.0990. The number of ether oxygens (including phenoxy) is 2. The van der Waals surface area contributed by atoms with Crippen molar-refractivity contribution in [2.24, 2.45) is 5.10 Å². The molecule has 1 heterocycles. The predicted octanol–water partition coefficient (Wildman–Crippen LogP) is 4.90. The summed E-state index contributed by atoms with van der Waals surface area (Å²) in [6, 6.07) is 19.0. The second kappa shape index (κ2) is 12.3. The molecule has 0 aliphatic heterocycles. The summed E-state index contributed by atoms with van der Waals surface area (Å²) in [6.07, 6.45) is 1.51. The lowest BCUT2D eigenvalue weighted by atomic mass is 10.2. The van der Waals surface area contributed by atoms with Crippen molar-refractivity contribution in [2.45, 2.75) is 25.7 Å². The van der Waals surface area contributed by atoms with Gasteiger partial charge in [-0.05, 0) is 75.4 Å². The molecule has 0 bridgehead atoms. The Morgan fingerprint density at radius 3 is 2.24 bits per heavy atom. The number of halogens is 1. The number of hydrazone groups is 1. The molecule has 0 saturated carbocycles. The minimum Gasteiger partial charge on any atom is -0.493 e. The third-order valence-electron chi connectivity index (χ3n) is 6.50. The highest BCUT2D eigenvalue weighted by Gasteiger charge is 2.28. The van der Waals surface area contributed by atoms with Gasteiger partial charge in [-0.3, -0.25) is 9.10 Å². The molecule has 1 N–H and O–H groups in total. The molecule has 4 rings (SSSR count). The first-order valence-corrected chi connectivity index (χ1v) is 14.1. The fourth-order valence-electron chi connectivity index (χ4n) is 4.38. The number of carbonyl (C=O) groups is 1. The van der Waals surface area contributed by atoms with Crippen LogP contribution in [0.1, 0.15) is 22.5 Å². The van der Waals surface area contributed by atoms with Crippen molar-refractivity contribution in [1.29, 1.82) is 0 Å². The van der Waals surface area contributed by atoms with E-state index in [4.69, 9.17) is 9.47 Å². The summed E-state index contributed by atoms with van der Waals surface area (Å²) in [5, 5.41) is 4.07. The molecular formula is C30H31FN4O5S. The molecule has 0 atom stereocenters. The zero-order chi connectivity index (χ0) is 29.7. The number of aryl methyl sites for hydroxylation is 2. The fraction of sp³-hybridized carbons (Fsp3) is 0.200. The van der Waals surface area contributed by atoms with Crippen LogP contribution in [0.5, 0.6) is 11.5 Å². The number of carbonyl (C=O) groups excluding carboxylic acids is 1. The number of nitrogens with one attached hydrogen (secondary N) is 1. The van der Waals surface area contributed by atoms with Crippen molar-refractivity contribution >= 4 is 27.8 Å². The van der Waals surface area contributed by atoms with E-state index in [0.29, 0.717) is 5.75 Å². The van der Waals surface area contributed by atoms with E-state index in [9.17, 15) is 17.6 Å². The lowest BCUT2D eigenvalue weighted by Gasteiger charge is -2.24. The second-order valence-electron chi connectivity index (χ2n) is 9.30. The van der Waals surface area contributed by atoms with E-state index in [1.807, 2.05) is 51.1 Å². The van der Waals surface area contributed by atoms with Crippen LogP contribution in [0.25, 0.3) is 5.69 Å². The Kier molecular flexibility index (Phi) is 8.77. The average Bonchev–Trinajstić information content (AvgIpc) is 3.24. The Bertz CT molecular complexity index is 1680. The molecule has 0 saturated heterocycles. The van der Waals surface area contributed by atoms with Gasteiger partial charge in [-0.2, -0.15) is 5.10 Å². The maximum absolute atomic E-state index is 13.7. The molecule has 0 unspecified atom stereocenters. The summed E-state index contributed by atoms with van der Waals surface area (Å²) < 4.78 is 54.4. The monoisotopic (exact) mass is 578 g/mol. The van der Waals surface area contributed by atoms with E-state index >= 15 is 0 Å². The SMILES string of the molecule is COc1ccc(S(=O)(=O)N(CC(=O)N/N=C\c2cc(C)n(-c3ccc(C)cc3)c2C)c2ccc(F)cc2)cc1OC. The highest BCUT2D eigenvalue weighted by molar-refractivity contribution is 7.92. The Balaban J connectivity index is 1.58. The number of benzene rings is 3. The van der Waals surface area contributed by atoms with E-state index in [1.54, 1.807) is 0 Å². The van der Waals surface area contributed by atoms with Gasteiger partial charge in [0.15, 0.2) is 11.5 Å². The van der Waals surface area contributed by atoms with Crippen LogP contribution in [-0.2, 0) is 14.8 Å². The van der Waals surface area contributed by atoms with Crippen molar-refractivity contribution in [3.8, 4) is 17.2 Å². The number of nitrogens with zero attached hydrogens (tertiary/aromatic N) is 3. The summed E-state index contributed by atoms with van der Waals surface area (Å²) in [5.41, 5.74) is 7.37. The van der Waals surface area contributed by atoms with Crippen LogP contribution in [0.4, 0.5) is 10.1 Å². The zero-order valence-corrected chi connectivity index (χ0v) is 24.2. The van der Waals surface area contributed by atoms with Crippen molar-refractivity contribution in [2.75, 3.05) is 25.1 Å². The first-order chi connectivity index (χ1) is 19.5. The number of rotatable bonds is 10. The molecule has 0 radical (unpaired) electrons. The van der Waals surface area contributed by atoms with Gasteiger partial charge in [0.2, 0.25) is 0 Å². The summed E-state index contributed by atoms with van der Waals surface area (Å²) in [5.74, 6) is -0.699. The minimum atomic E-state index is -4.28. The van der Waals surface area contributed by atoms with Gasteiger partial charge < -0.3 is 14.0 Å². The number of sulfonamides is 1. The molecule has 0 aliphatic rings. The molecule has 214 valence electrons.